The molecule has 2 aromatic carbocycles. The lowest BCUT2D eigenvalue weighted by Gasteiger charge is -2.38. The van der Waals surface area contributed by atoms with E-state index in [2.05, 4.69) is 5.32 Å². The summed E-state index contributed by atoms with van der Waals surface area (Å²) in [6.07, 6.45) is 1.37. The van der Waals surface area contributed by atoms with Gasteiger partial charge < -0.3 is 19.5 Å². The Hall–Kier alpha value is -3.27. The molecule has 0 spiro atoms. The Labute approximate surface area is 184 Å². The summed E-state index contributed by atoms with van der Waals surface area (Å²) in [4.78, 5) is 15.0. The third-order valence-corrected chi connectivity index (χ3v) is 5.38. The second-order valence-electron chi connectivity index (χ2n) is 6.99. The zero-order valence-corrected chi connectivity index (χ0v) is 17.0. The van der Waals surface area contributed by atoms with Crippen LogP contribution in [0.4, 0.5) is 39.0 Å². The highest BCUT2D eigenvalue weighted by Gasteiger charge is 2.31. The predicted molar refractivity (Wildman–Crippen MR) is 109 cm³/mol. The summed E-state index contributed by atoms with van der Waals surface area (Å²) in [6.45, 7) is 0.450. The second-order valence-corrected chi connectivity index (χ2v) is 7.40. The quantitative estimate of drug-likeness (QED) is 0.322. The van der Waals surface area contributed by atoms with Crippen LogP contribution in [0.3, 0.4) is 0 Å². The van der Waals surface area contributed by atoms with Gasteiger partial charge in [0, 0.05) is 31.9 Å². The van der Waals surface area contributed by atoms with Crippen molar-refractivity contribution in [2.45, 2.75) is 0 Å². The van der Waals surface area contributed by atoms with Crippen LogP contribution in [0.25, 0.3) is 0 Å². The molecule has 1 aromatic heterocycles. The molecule has 168 valence electrons. The van der Waals surface area contributed by atoms with E-state index in [0.717, 1.165) is 4.90 Å². The number of halogens is 6. The summed E-state index contributed by atoms with van der Waals surface area (Å²) in [5.74, 6) is -10.2. The van der Waals surface area contributed by atoms with Gasteiger partial charge in [-0.3, -0.25) is 4.79 Å². The normalized spacial score (nSPS) is 14.1. The molecule has 0 saturated carbocycles. The van der Waals surface area contributed by atoms with Gasteiger partial charge in [0.05, 0.1) is 17.0 Å². The van der Waals surface area contributed by atoms with Crippen LogP contribution in [0.1, 0.15) is 10.6 Å². The Bertz CT molecular complexity index is 1140. The molecule has 11 heteroatoms. The molecule has 4 rings (SSSR count). The maximum absolute atomic E-state index is 14.1. The Balaban J connectivity index is 1.46. The number of piperazine rings is 1. The monoisotopic (exact) mass is 471 g/mol. The van der Waals surface area contributed by atoms with E-state index in [-0.39, 0.29) is 31.9 Å². The van der Waals surface area contributed by atoms with Crippen molar-refractivity contribution in [3.8, 4) is 0 Å². The minimum Gasteiger partial charge on any atom is -0.459 e. The van der Waals surface area contributed by atoms with Crippen LogP contribution in [0.2, 0.25) is 5.02 Å². The van der Waals surface area contributed by atoms with Crippen molar-refractivity contribution in [3.63, 3.8) is 0 Å². The van der Waals surface area contributed by atoms with Crippen LogP contribution in [-0.2, 0) is 0 Å². The summed E-state index contributed by atoms with van der Waals surface area (Å²) in [5.41, 5.74) is 0.0862. The third-order valence-electron chi connectivity index (χ3n) is 5.07. The number of hydrogen-bond acceptors (Lipinski definition) is 4. The van der Waals surface area contributed by atoms with Gasteiger partial charge in [0.15, 0.2) is 29.0 Å². The fraction of sp³-hybridized carbons (Fsp3) is 0.190. The van der Waals surface area contributed by atoms with Crippen LogP contribution in [0.5, 0.6) is 0 Å². The first-order chi connectivity index (χ1) is 15.3. The number of rotatable bonds is 4. The Morgan fingerprint density at radius 2 is 1.47 bits per heavy atom. The molecule has 1 N–H and O–H groups in total. The number of anilines is 3. The zero-order valence-electron chi connectivity index (χ0n) is 16.3. The first-order valence-electron chi connectivity index (χ1n) is 9.43. The molecule has 1 aliphatic rings. The summed E-state index contributed by atoms with van der Waals surface area (Å²) >= 11 is 6.34. The number of benzene rings is 2. The fourth-order valence-corrected chi connectivity index (χ4v) is 3.78. The highest BCUT2D eigenvalue weighted by molar-refractivity contribution is 6.33. The van der Waals surface area contributed by atoms with Crippen molar-refractivity contribution in [1.82, 2.24) is 0 Å². The number of carbonyl (C=O) groups is 1. The largest absolute Gasteiger partial charge is 0.459 e. The second kappa shape index (κ2) is 8.70. The lowest BCUT2D eigenvalue weighted by molar-refractivity contribution is 0.0996. The van der Waals surface area contributed by atoms with E-state index >= 15 is 0 Å². The third kappa shape index (κ3) is 3.97. The van der Waals surface area contributed by atoms with Gasteiger partial charge in [-0.15, -0.1) is 0 Å². The van der Waals surface area contributed by atoms with Crippen molar-refractivity contribution in [3.05, 3.63) is 76.5 Å². The van der Waals surface area contributed by atoms with Gasteiger partial charge >= 0.3 is 0 Å². The summed E-state index contributed by atoms with van der Waals surface area (Å²) in [5, 5.41) is 2.95. The molecule has 3 aromatic rings. The van der Waals surface area contributed by atoms with E-state index in [9.17, 15) is 26.7 Å². The molecular formula is C21H15ClF5N3O2. The van der Waals surface area contributed by atoms with Crippen molar-refractivity contribution < 1.29 is 31.2 Å². The van der Waals surface area contributed by atoms with E-state index < -0.39 is 40.7 Å². The number of nitrogens with one attached hydrogen (secondary N) is 1. The Morgan fingerprint density at radius 3 is 2.03 bits per heavy atom. The zero-order chi connectivity index (χ0) is 23.0. The number of furan rings is 1. The van der Waals surface area contributed by atoms with Gasteiger partial charge in [-0.25, -0.2) is 22.0 Å². The summed E-state index contributed by atoms with van der Waals surface area (Å²) in [6, 6.07) is 7.91. The van der Waals surface area contributed by atoms with E-state index in [4.69, 9.17) is 16.0 Å². The predicted octanol–water partition coefficient (Wildman–Crippen LogP) is 5.21. The Kier molecular flexibility index (Phi) is 5.96. The van der Waals surface area contributed by atoms with Crippen molar-refractivity contribution in [2.24, 2.45) is 0 Å². The standard InChI is InChI=1S/C21H15ClF5N3O2/c22-12-10-11(28-21(31)14-2-1-9-32-14)3-4-13(12)29-5-7-30(8-6-29)20-18(26)16(24)15(23)17(25)19(20)27/h1-4,9-10H,5-8H2,(H,28,31). The van der Waals surface area contributed by atoms with Gasteiger partial charge in [0.2, 0.25) is 5.82 Å². The average molecular weight is 472 g/mol. The van der Waals surface area contributed by atoms with E-state index in [1.54, 1.807) is 18.2 Å². The highest BCUT2D eigenvalue weighted by atomic mass is 35.5. The molecule has 1 saturated heterocycles. The topological polar surface area (TPSA) is 48.7 Å². The molecule has 0 radical (unpaired) electrons. The Morgan fingerprint density at radius 1 is 0.875 bits per heavy atom. The number of nitrogens with zero attached hydrogens (tertiary/aromatic N) is 2. The van der Waals surface area contributed by atoms with E-state index in [1.807, 2.05) is 4.90 Å². The van der Waals surface area contributed by atoms with Crippen LogP contribution in [0, 0.1) is 29.1 Å². The fourth-order valence-electron chi connectivity index (χ4n) is 3.48. The van der Waals surface area contributed by atoms with E-state index in [0.29, 0.717) is 16.4 Å². The van der Waals surface area contributed by atoms with E-state index in [1.165, 1.54) is 18.4 Å². The molecule has 5 nitrogen and oxygen atoms in total. The van der Waals surface area contributed by atoms with Crippen molar-refractivity contribution in [2.75, 3.05) is 41.3 Å². The molecule has 0 aliphatic carbocycles. The highest BCUT2D eigenvalue weighted by Crippen LogP contribution is 2.33. The summed E-state index contributed by atoms with van der Waals surface area (Å²) in [7, 11) is 0. The molecule has 1 fully saturated rings. The van der Waals surface area contributed by atoms with Gasteiger partial charge in [0.1, 0.15) is 5.69 Å². The first-order valence-corrected chi connectivity index (χ1v) is 9.81. The maximum Gasteiger partial charge on any atom is 0.291 e. The van der Waals surface area contributed by atoms with Gasteiger partial charge in [-0.05, 0) is 30.3 Å². The lowest BCUT2D eigenvalue weighted by atomic mass is 10.2. The summed E-state index contributed by atoms with van der Waals surface area (Å²) < 4.78 is 73.5. The first kappa shape index (κ1) is 21.9. The number of carbonyl (C=O) groups excluding carboxylic acids is 1. The van der Waals surface area contributed by atoms with Crippen LogP contribution < -0.4 is 15.1 Å². The minimum atomic E-state index is -2.19. The van der Waals surface area contributed by atoms with Gasteiger partial charge in [0.25, 0.3) is 5.91 Å². The van der Waals surface area contributed by atoms with Crippen molar-refractivity contribution >= 4 is 34.6 Å². The number of hydrogen-bond donors (Lipinski definition) is 1. The van der Waals surface area contributed by atoms with Crippen LogP contribution in [-0.4, -0.2) is 32.1 Å². The van der Waals surface area contributed by atoms with Gasteiger partial charge in [-0.1, -0.05) is 11.6 Å². The van der Waals surface area contributed by atoms with Crippen molar-refractivity contribution in [1.29, 1.82) is 0 Å². The molecule has 0 unspecified atom stereocenters. The minimum absolute atomic E-state index is 0.00562. The number of amides is 1. The molecule has 0 bridgehead atoms. The average Bonchev–Trinajstić information content (AvgIpc) is 3.32. The SMILES string of the molecule is O=C(Nc1ccc(N2CCN(c3c(F)c(F)c(F)c(F)c3F)CC2)c(Cl)c1)c1ccco1. The van der Waals surface area contributed by atoms with Crippen LogP contribution >= 0.6 is 11.6 Å². The smallest absolute Gasteiger partial charge is 0.291 e. The molecular weight excluding hydrogens is 457 g/mol. The molecule has 0 atom stereocenters. The van der Waals surface area contributed by atoms with Crippen LogP contribution in [0.15, 0.2) is 41.0 Å². The molecule has 2 heterocycles. The molecule has 1 aliphatic heterocycles. The molecule has 32 heavy (non-hydrogen) atoms. The lowest BCUT2D eigenvalue weighted by Crippen LogP contribution is -2.47. The van der Waals surface area contributed by atoms with Gasteiger partial charge in [-0.2, -0.15) is 0 Å². The molecule has 1 amide bonds. The maximum atomic E-state index is 14.1.